The van der Waals surface area contributed by atoms with Crippen LogP contribution in [0.1, 0.15) is 70.0 Å². The Balaban J connectivity index is 0.00000441. The summed E-state index contributed by atoms with van der Waals surface area (Å²) in [5.74, 6) is 0.0249. The van der Waals surface area contributed by atoms with Crippen LogP contribution in [-0.2, 0) is 21.1 Å². The Bertz CT molecular complexity index is 2900. The van der Waals surface area contributed by atoms with Crippen LogP contribution >= 0.6 is 0 Å². The minimum atomic E-state index is -0.879. The Hall–Kier alpha value is -5.52. The predicted octanol–water partition coefficient (Wildman–Crippen LogP) is 11.4. The van der Waals surface area contributed by atoms with Gasteiger partial charge in [0.1, 0.15) is 5.82 Å². The Morgan fingerprint density at radius 1 is 0.667 bits per heavy atom. The third-order valence-electron chi connectivity index (χ3n) is 10.0. The molecule has 0 aliphatic rings. The Morgan fingerprint density at radius 2 is 1.33 bits per heavy atom. The second-order valence-electron chi connectivity index (χ2n) is 14.3. The number of benzene rings is 5. The van der Waals surface area contributed by atoms with E-state index >= 15 is 0 Å². The van der Waals surface area contributed by atoms with Crippen LogP contribution in [0.25, 0.3) is 60.8 Å². The standard InChI is InChI=1S/C46H40N6O.Pt/c1-27(2)36-10-8-12-38-39-13-9-11-37(28(3)4)46(39)50(45(36)38)32-16-17-47-43(25-32)51-41-26-34(14-15-40(41)44-31(7)20-29(5)23-42(44)51)53-35-22-30(6)21-33(24-35)52-48-18-19-49-52;/h8-23,25,27-28H,1-7H3;/q-2;+2/i27D,28D;. The zero-order valence-corrected chi connectivity index (χ0v) is 33.5. The zero-order valence-electron chi connectivity index (χ0n) is 33.2. The monoisotopic (exact) mass is 889 g/mol. The number of para-hydroxylation sites is 2. The number of ether oxygens (including phenoxy) is 1. The average Bonchev–Trinajstić information content (AvgIpc) is 3.86. The summed E-state index contributed by atoms with van der Waals surface area (Å²) in [6, 6.07) is 35.8. The van der Waals surface area contributed by atoms with Gasteiger partial charge in [0, 0.05) is 42.8 Å². The van der Waals surface area contributed by atoms with Crippen LogP contribution in [0.5, 0.6) is 11.5 Å². The molecule has 0 amide bonds. The van der Waals surface area contributed by atoms with Gasteiger partial charge in [-0.15, -0.1) is 35.7 Å². The molecule has 9 rings (SSSR count). The van der Waals surface area contributed by atoms with Crippen molar-refractivity contribution in [2.24, 2.45) is 0 Å². The van der Waals surface area contributed by atoms with Gasteiger partial charge >= 0.3 is 21.1 Å². The maximum atomic E-state index is 9.21. The second kappa shape index (κ2) is 13.7. The smallest absolute Gasteiger partial charge is 0.509 e. The third kappa shape index (κ3) is 5.82. The molecule has 0 atom stereocenters. The first-order valence-electron chi connectivity index (χ1n) is 18.9. The molecule has 4 aromatic heterocycles. The van der Waals surface area contributed by atoms with E-state index < -0.39 is 11.8 Å². The van der Waals surface area contributed by atoms with Gasteiger partial charge in [-0.1, -0.05) is 88.2 Å². The second-order valence-corrected chi connectivity index (χ2v) is 14.3. The molecular weight excluding hydrogens is 848 g/mol. The largest absolute Gasteiger partial charge is 2.00 e. The summed E-state index contributed by atoms with van der Waals surface area (Å²) in [5.41, 5.74) is 10.4. The molecule has 0 spiro atoms. The van der Waals surface area contributed by atoms with Crippen LogP contribution in [0, 0.1) is 32.9 Å². The minimum absolute atomic E-state index is 0. The van der Waals surface area contributed by atoms with E-state index in [4.69, 9.17) is 9.72 Å². The number of aryl methyl sites for hydroxylation is 3. The molecule has 0 bridgehead atoms. The van der Waals surface area contributed by atoms with Crippen LogP contribution in [0.3, 0.4) is 0 Å². The summed E-state index contributed by atoms with van der Waals surface area (Å²) >= 11 is 0. The van der Waals surface area contributed by atoms with E-state index in [9.17, 15) is 2.74 Å². The number of nitrogens with zero attached hydrogens (tertiary/aromatic N) is 6. The zero-order chi connectivity index (χ0) is 38.4. The van der Waals surface area contributed by atoms with Crippen LogP contribution in [0.15, 0.2) is 104 Å². The molecule has 0 aliphatic heterocycles. The van der Waals surface area contributed by atoms with Crippen molar-refractivity contribution in [3.8, 4) is 28.7 Å². The molecule has 4 heterocycles. The van der Waals surface area contributed by atoms with Gasteiger partial charge in [0.15, 0.2) is 0 Å². The van der Waals surface area contributed by atoms with Crippen molar-refractivity contribution < 1.29 is 28.5 Å². The average molecular weight is 890 g/mol. The van der Waals surface area contributed by atoms with Gasteiger partial charge in [-0.3, -0.25) is 0 Å². The molecule has 0 unspecified atom stereocenters. The van der Waals surface area contributed by atoms with Crippen LogP contribution < -0.4 is 4.74 Å². The summed E-state index contributed by atoms with van der Waals surface area (Å²) < 4.78 is 29.3. The molecule has 54 heavy (non-hydrogen) atoms. The van der Waals surface area contributed by atoms with E-state index in [2.05, 4.69) is 81.7 Å². The van der Waals surface area contributed by atoms with E-state index in [-0.39, 0.29) is 21.1 Å². The van der Waals surface area contributed by atoms with E-state index in [1.807, 2.05) is 89.3 Å². The molecule has 9 aromatic rings. The maximum Gasteiger partial charge on any atom is 2.00 e. The molecule has 7 nitrogen and oxygen atoms in total. The molecule has 0 fully saturated rings. The van der Waals surface area contributed by atoms with Gasteiger partial charge in [0.25, 0.3) is 0 Å². The molecule has 0 saturated carbocycles. The molecule has 0 radical (unpaired) electrons. The van der Waals surface area contributed by atoms with E-state index in [0.29, 0.717) is 23.0 Å². The Morgan fingerprint density at radius 3 is 2.00 bits per heavy atom. The minimum Gasteiger partial charge on any atom is -0.509 e. The fourth-order valence-electron chi connectivity index (χ4n) is 7.86. The molecule has 8 heteroatoms. The molecular formula is C46H40N6OPt. The van der Waals surface area contributed by atoms with Crippen LogP contribution in [0.4, 0.5) is 0 Å². The van der Waals surface area contributed by atoms with Crippen molar-refractivity contribution >= 4 is 43.6 Å². The van der Waals surface area contributed by atoms with Gasteiger partial charge in [0.05, 0.1) is 29.1 Å². The summed E-state index contributed by atoms with van der Waals surface area (Å²) in [4.78, 5) is 6.53. The van der Waals surface area contributed by atoms with Crippen molar-refractivity contribution in [1.29, 1.82) is 0 Å². The first-order chi connectivity index (χ1) is 26.3. The number of pyridine rings is 1. The van der Waals surface area contributed by atoms with Gasteiger partial charge < -0.3 is 13.9 Å². The number of fused-ring (bicyclic) bond motifs is 6. The van der Waals surface area contributed by atoms with Crippen LogP contribution in [0.2, 0.25) is 0 Å². The van der Waals surface area contributed by atoms with Crippen LogP contribution in [-0.4, -0.2) is 29.1 Å². The molecule has 0 aliphatic carbocycles. The number of hydrogen-bond acceptors (Lipinski definition) is 4. The number of hydrogen-bond donors (Lipinski definition) is 0. The molecule has 0 saturated heterocycles. The van der Waals surface area contributed by atoms with Gasteiger partial charge in [-0.05, 0) is 65.5 Å². The van der Waals surface area contributed by atoms with Crippen molar-refractivity contribution in [1.82, 2.24) is 29.1 Å². The maximum absolute atomic E-state index is 9.21. The van der Waals surface area contributed by atoms with Gasteiger partial charge in [-0.25, -0.2) is 4.98 Å². The SMILES string of the molecule is [2H]C(C)(C)c1cccc2c3cccc(C([2H])(C)C)c3n(-c3ccnc(-n4c5[c-]c(Oc6[c-]c(-n7nccn7)cc(C)c6)ccc5c5c(C)cc(C)cc54)c3)c12.[Pt+2]. The number of rotatable bonds is 7. The van der Waals surface area contributed by atoms with E-state index in [1.165, 1.54) is 4.80 Å². The summed E-state index contributed by atoms with van der Waals surface area (Å²) in [6.45, 7) is 14.0. The first-order valence-corrected chi connectivity index (χ1v) is 17.9. The van der Waals surface area contributed by atoms with Crippen molar-refractivity contribution in [2.75, 3.05) is 0 Å². The fraction of sp³-hybridized carbons (Fsp3) is 0.196. The topological polar surface area (TPSA) is 62.7 Å². The molecule has 270 valence electrons. The predicted molar refractivity (Wildman–Crippen MR) is 214 cm³/mol. The summed E-state index contributed by atoms with van der Waals surface area (Å²) in [5, 5.41) is 12.8. The fourth-order valence-corrected chi connectivity index (χ4v) is 7.86. The quantitative estimate of drug-likeness (QED) is 0.150. The Kier molecular flexibility index (Phi) is 8.40. The Labute approximate surface area is 332 Å². The third-order valence-corrected chi connectivity index (χ3v) is 10.0. The number of aromatic nitrogens is 6. The van der Waals surface area contributed by atoms with Crippen molar-refractivity contribution in [3.05, 3.63) is 143 Å². The molecule has 5 aromatic carbocycles. The normalized spacial score (nSPS) is 12.7. The molecule has 0 N–H and O–H groups in total. The summed E-state index contributed by atoms with van der Waals surface area (Å²) in [6.07, 6.45) is 5.11. The van der Waals surface area contributed by atoms with Gasteiger partial charge in [-0.2, -0.15) is 26.6 Å². The van der Waals surface area contributed by atoms with Crippen molar-refractivity contribution in [2.45, 2.75) is 60.3 Å². The van der Waals surface area contributed by atoms with E-state index in [0.717, 1.165) is 77.1 Å². The van der Waals surface area contributed by atoms with Crippen molar-refractivity contribution in [3.63, 3.8) is 0 Å². The van der Waals surface area contributed by atoms with E-state index in [1.54, 1.807) is 12.4 Å². The van der Waals surface area contributed by atoms with Gasteiger partial charge in [0.2, 0.25) is 0 Å². The first kappa shape index (κ1) is 33.1. The summed E-state index contributed by atoms with van der Waals surface area (Å²) in [7, 11) is 0.